The first kappa shape index (κ1) is 48.6. The molecule has 24 unspecified atom stereocenters. The predicted octanol–water partition coefficient (Wildman–Crippen LogP) is 2.32. The summed E-state index contributed by atoms with van der Waals surface area (Å²) >= 11 is 0. The topological polar surface area (TPSA) is 272 Å². The number of aliphatic hydroxyl groups is 7. The summed E-state index contributed by atoms with van der Waals surface area (Å²) in [6.07, 6.45) is -15.3. The van der Waals surface area contributed by atoms with Crippen LogP contribution in [0.3, 0.4) is 0 Å². The standard InChI is InChI=1S/C47H74O17/c1-20(2)22-11-16-47(42(57)58)18-17-45(7)23(28(22)47)9-10-26-44(6)14-13-27(43(4,5)25(44)12-15-46(26,45)8)61-41-37(33(53)32(52)35(62-41)38(55)56)64-40-36(30(50)24(48)19-59-40)63-39-34(54)31(51)29(49)21(3)60-39/h21-37,39-41,48-54H,1,9-19H2,2-8H3,(H,55,56)(H,57,58). The Balaban J connectivity index is 1.04. The van der Waals surface area contributed by atoms with Crippen molar-refractivity contribution in [2.45, 2.75) is 205 Å². The molecular formula is C47H74O17. The average Bonchev–Trinajstić information content (AvgIpc) is 3.64. The van der Waals surface area contributed by atoms with Crippen LogP contribution in [0, 0.1) is 56.7 Å². The van der Waals surface area contributed by atoms with Gasteiger partial charge in [-0.15, -0.1) is 0 Å². The first-order valence-corrected chi connectivity index (χ1v) is 23.6. The molecule has 0 bridgehead atoms. The number of carbonyl (C=O) groups is 2. The molecule has 5 saturated carbocycles. The van der Waals surface area contributed by atoms with Gasteiger partial charge in [0.2, 0.25) is 0 Å². The third-order valence-electron chi connectivity index (χ3n) is 19.3. The van der Waals surface area contributed by atoms with Crippen molar-refractivity contribution in [3.63, 3.8) is 0 Å². The first-order valence-electron chi connectivity index (χ1n) is 23.6. The molecular weight excluding hydrogens is 836 g/mol. The van der Waals surface area contributed by atoms with E-state index in [1.165, 1.54) is 6.92 Å². The van der Waals surface area contributed by atoms with Crippen LogP contribution in [0.2, 0.25) is 0 Å². The van der Waals surface area contributed by atoms with Crippen LogP contribution in [0.1, 0.15) is 113 Å². The number of aliphatic hydroxyl groups excluding tert-OH is 7. The highest BCUT2D eigenvalue weighted by molar-refractivity contribution is 5.76. The second kappa shape index (κ2) is 17.0. The zero-order valence-electron chi connectivity index (χ0n) is 38.3. The van der Waals surface area contributed by atoms with E-state index in [0.717, 1.165) is 50.5 Å². The molecule has 0 radical (unpaired) electrons. The second-order valence-corrected chi connectivity index (χ2v) is 22.5. The molecule has 3 heterocycles. The number of allylic oxidation sites excluding steroid dienone is 1. The number of ether oxygens (including phenoxy) is 6. The van der Waals surface area contributed by atoms with Crippen LogP contribution in [0.25, 0.3) is 0 Å². The van der Waals surface area contributed by atoms with E-state index >= 15 is 0 Å². The Hall–Kier alpha value is -1.84. The van der Waals surface area contributed by atoms with Gasteiger partial charge in [-0.05, 0) is 129 Å². The lowest BCUT2D eigenvalue weighted by Gasteiger charge is -2.73. The molecule has 8 fully saturated rings. The molecule has 0 aromatic carbocycles. The van der Waals surface area contributed by atoms with Crippen molar-refractivity contribution in [2.75, 3.05) is 6.61 Å². The van der Waals surface area contributed by atoms with Crippen molar-refractivity contribution in [1.82, 2.24) is 0 Å². The van der Waals surface area contributed by atoms with E-state index in [1.807, 2.05) is 0 Å². The summed E-state index contributed by atoms with van der Waals surface area (Å²) in [6, 6.07) is 0. The van der Waals surface area contributed by atoms with Gasteiger partial charge in [-0.1, -0.05) is 46.8 Å². The monoisotopic (exact) mass is 910 g/mol. The third kappa shape index (κ3) is 7.27. The Labute approximate surface area is 375 Å². The molecule has 364 valence electrons. The van der Waals surface area contributed by atoms with Gasteiger partial charge >= 0.3 is 11.9 Å². The summed E-state index contributed by atoms with van der Waals surface area (Å²) < 4.78 is 36.2. The van der Waals surface area contributed by atoms with Gasteiger partial charge < -0.3 is 74.4 Å². The van der Waals surface area contributed by atoms with Gasteiger partial charge in [0.25, 0.3) is 0 Å². The van der Waals surface area contributed by atoms with Gasteiger partial charge in [0.15, 0.2) is 25.0 Å². The van der Waals surface area contributed by atoms with Crippen LogP contribution in [0.5, 0.6) is 0 Å². The van der Waals surface area contributed by atoms with Gasteiger partial charge in [0.1, 0.15) is 54.9 Å². The molecule has 8 rings (SSSR count). The van der Waals surface area contributed by atoms with E-state index in [-0.39, 0.29) is 39.9 Å². The van der Waals surface area contributed by atoms with E-state index in [2.05, 4.69) is 48.1 Å². The number of carboxylic acids is 2. The van der Waals surface area contributed by atoms with E-state index in [0.29, 0.717) is 25.2 Å². The Morgan fingerprint density at radius 2 is 1.31 bits per heavy atom. The smallest absolute Gasteiger partial charge is 0.335 e. The second-order valence-electron chi connectivity index (χ2n) is 22.5. The Kier molecular flexibility index (Phi) is 12.9. The Morgan fingerprint density at radius 1 is 0.641 bits per heavy atom. The van der Waals surface area contributed by atoms with Gasteiger partial charge in [0.05, 0.1) is 24.2 Å². The van der Waals surface area contributed by atoms with Gasteiger partial charge in [-0.3, -0.25) is 4.79 Å². The molecule has 9 N–H and O–H groups in total. The van der Waals surface area contributed by atoms with Gasteiger partial charge in [-0.25, -0.2) is 4.79 Å². The molecule has 0 aromatic heterocycles. The lowest BCUT2D eigenvalue weighted by atomic mass is 9.32. The summed E-state index contributed by atoms with van der Waals surface area (Å²) in [5, 5.41) is 96.5. The molecule has 8 aliphatic rings. The van der Waals surface area contributed by atoms with Crippen molar-refractivity contribution in [3.05, 3.63) is 12.2 Å². The maximum absolute atomic E-state index is 13.1. The first-order chi connectivity index (χ1) is 29.9. The molecule has 24 atom stereocenters. The van der Waals surface area contributed by atoms with Crippen molar-refractivity contribution < 1.29 is 84.0 Å². The fraction of sp³-hybridized carbons (Fsp3) is 0.915. The minimum atomic E-state index is -1.98. The molecule has 17 nitrogen and oxygen atoms in total. The van der Waals surface area contributed by atoms with Crippen LogP contribution in [0.15, 0.2) is 12.2 Å². The SMILES string of the molecule is C=C(C)C1CCC2(C(=O)O)CCC3(C)C(CCC4C5(C)CCC(OC6OC(C(=O)O)C(O)C(O)C6OC6OCC(O)C(O)C6OC6OC(C)C(O)C(O)C6O)C(C)(C)C5CCC43C)C12. The highest BCUT2D eigenvalue weighted by Crippen LogP contribution is 2.77. The Bertz CT molecular complexity index is 1780. The average molecular weight is 911 g/mol. The number of hydrogen-bond donors (Lipinski definition) is 9. The molecule has 3 saturated heterocycles. The third-order valence-corrected chi connectivity index (χ3v) is 19.3. The van der Waals surface area contributed by atoms with Crippen LogP contribution >= 0.6 is 0 Å². The summed E-state index contributed by atoms with van der Waals surface area (Å²) in [5.41, 5.74) is -0.386. The fourth-order valence-corrected chi connectivity index (χ4v) is 15.7. The van der Waals surface area contributed by atoms with E-state index in [4.69, 9.17) is 28.4 Å². The maximum Gasteiger partial charge on any atom is 0.335 e. The Morgan fingerprint density at radius 3 is 1.97 bits per heavy atom. The zero-order valence-corrected chi connectivity index (χ0v) is 38.3. The van der Waals surface area contributed by atoms with Crippen molar-refractivity contribution in [2.24, 2.45) is 56.7 Å². The number of fused-ring (bicyclic) bond motifs is 7. The molecule has 3 aliphatic heterocycles. The number of aliphatic carboxylic acids is 2. The highest BCUT2D eigenvalue weighted by atomic mass is 16.8. The minimum absolute atomic E-state index is 0.0520. The summed E-state index contributed by atoms with van der Waals surface area (Å²) in [4.78, 5) is 25.5. The van der Waals surface area contributed by atoms with E-state index in [1.54, 1.807) is 0 Å². The molecule has 5 aliphatic carbocycles. The molecule has 0 spiro atoms. The zero-order chi connectivity index (χ0) is 46.8. The normalized spacial score (nSPS) is 54.7. The van der Waals surface area contributed by atoms with E-state index < -0.39 is 121 Å². The minimum Gasteiger partial charge on any atom is -0.481 e. The summed E-state index contributed by atoms with van der Waals surface area (Å²) in [7, 11) is 0. The molecule has 17 heteroatoms. The lowest BCUT2D eigenvalue weighted by molar-refractivity contribution is -0.386. The van der Waals surface area contributed by atoms with Gasteiger partial charge in [0, 0.05) is 0 Å². The predicted molar refractivity (Wildman–Crippen MR) is 224 cm³/mol. The molecule has 0 amide bonds. The highest BCUT2D eigenvalue weighted by Gasteiger charge is 2.72. The van der Waals surface area contributed by atoms with Crippen molar-refractivity contribution in [1.29, 1.82) is 0 Å². The summed E-state index contributed by atoms with van der Waals surface area (Å²) in [6.45, 7) is 19.1. The number of rotatable bonds is 9. The van der Waals surface area contributed by atoms with Crippen LogP contribution in [-0.2, 0) is 38.0 Å². The fourth-order valence-electron chi connectivity index (χ4n) is 15.7. The van der Waals surface area contributed by atoms with Crippen LogP contribution in [-0.4, -0.2) is 157 Å². The quantitative estimate of drug-likeness (QED) is 0.119. The number of carboxylic acid groups (broad SMARTS) is 2. The molecule has 0 aromatic rings. The maximum atomic E-state index is 13.1. The van der Waals surface area contributed by atoms with E-state index in [9.17, 15) is 55.5 Å². The largest absolute Gasteiger partial charge is 0.481 e. The lowest BCUT2D eigenvalue weighted by Crippen LogP contribution is -2.68. The van der Waals surface area contributed by atoms with Crippen LogP contribution < -0.4 is 0 Å². The summed E-state index contributed by atoms with van der Waals surface area (Å²) in [5.74, 6) is -1.17. The van der Waals surface area contributed by atoms with Crippen LogP contribution in [0.4, 0.5) is 0 Å². The van der Waals surface area contributed by atoms with Gasteiger partial charge in [-0.2, -0.15) is 0 Å². The van der Waals surface area contributed by atoms with Crippen molar-refractivity contribution >= 4 is 11.9 Å². The number of hydrogen-bond acceptors (Lipinski definition) is 15. The van der Waals surface area contributed by atoms with Crippen molar-refractivity contribution in [3.8, 4) is 0 Å². The molecule has 64 heavy (non-hydrogen) atoms.